The molecule has 1 aromatic rings. The monoisotopic (exact) mass is 235 g/mol. The number of anilines is 1. The zero-order valence-electron chi connectivity index (χ0n) is 10.7. The minimum Gasteiger partial charge on any atom is -0.395 e. The molecule has 0 fully saturated rings. The van der Waals surface area contributed by atoms with Gasteiger partial charge >= 0.3 is 0 Å². The molecule has 0 bridgehead atoms. The van der Waals surface area contributed by atoms with E-state index in [1.165, 1.54) is 0 Å². The third-order valence-corrected chi connectivity index (χ3v) is 2.72. The highest BCUT2D eigenvalue weighted by Gasteiger charge is 2.15. The van der Waals surface area contributed by atoms with Crippen LogP contribution >= 0.6 is 0 Å². The first-order valence-electron chi connectivity index (χ1n) is 5.80. The molecule has 0 spiro atoms. The molecule has 0 aliphatic carbocycles. The number of nitrogens with one attached hydrogen (secondary N) is 1. The number of nitrogens with two attached hydrogens (primary N) is 1. The van der Waals surface area contributed by atoms with Gasteiger partial charge in [0.05, 0.1) is 6.61 Å². The standard InChI is InChI=1S/C13H21N3O/c1-9(2)16(6-7-17)12-5-4-10(3)8-11(12)13(14)15/h4-5,8-9,17H,6-7H2,1-3H3,(H3,14,15). The summed E-state index contributed by atoms with van der Waals surface area (Å²) in [5, 5.41) is 16.7. The smallest absolute Gasteiger partial charge is 0.124 e. The molecule has 0 saturated heterocycles. The third kappa shape index (κ3) is 3.20. The second-order valence-electron chi connectivity index (χ2n) is 4.45. The van der Waals surface area contributed by atoms with Crippen molar-refractivity contribution in [3.63, 3.8) is 0 Å². The summed E-state index contributed by atoms with van der Waals surface area (Å²) in [6.07, 6.45) is 0. The number of aliphatic hydroxyl groups excluding tert-OH is 1. The van der Waals surface area contributed by atoms with Crippen molar-refractivity contribution in [1.82, 2.24) is 0 Å². The normalized spacial score (nSPS) is 10.6. The topological polar surface area (TPSA) is 73.3 Å². The Morgan fingerprint density at radius 3 is 2.59 bits per heavy atom. The molecule has 0 amide bonds. The number of aryl methyl sites for hydroxylation is 1. The van der Waals surface area contributed by atoms with E-state index in [-0.39, 0.29) is 18.5 Å². The number of nitrogen functional groups attached to an aromatic ring is 1. The highest BCUT2D eigenvalue weighted by atomic mass is 16.3. The van der Waals surface area contributed by atoms with Gasteiger partial charge in [0.1, 0.15) is 5.84 Å². The van der Waals surface area contributed by atoms with E-state index >= 15 is 0 Å². The second kappa shape index (κ2) is 5.68. The number of hydrogen-bond acceptors (Lipinski definition) is 3. The minimum absolute atomic E-state index is 0.0623. The molecule has 0 aromatic heterocycles. The Kier molecular flexibility index (Phi) is 4.52. The molecule has 4 N–H and O–H groups in total. The van der Waals surface area contributed by atoms with Crippen molar-refractivity contribution in [3.05, 3.63) is 29.3 Å². The number of rotatable bonds is 5. The van der Waals surface area contributed by atoms with E-state index in [2.05, 4.69) is 18.7 Å². The lowest BCUT2D eigenvalue weighted by atomic mass is 10.1. The van der Waals surface area contributed by atoms with Gasteiger partial charge in [0.25, 0.3) is 0 Å². The lowest BCUT2D eigenvalue weighted by Crippen LogP contribution is -2.35. The molecule has 0 aliphatic rings. The predicted molar refractivity (Wildman–Crippen MR) is 71.8 cm³/mol. The second-order valence-corrected chi connectivity index (χ2v) is 4.45. The third-order valence-electron chi connectivity index (χ3n) is 2.72. The minimum atomic E-state index is 0.0623. The maximum atomic E-state index is 9.10. The van der Waals surface area contributed by atoms with Gasteiger partial charge in [-0.1, -0.05) is 11.6 Å². The Bertz CT molecular complexity index is 402. The summed E-state index contributed by atoms with van der Waals surface area (Å²) in [5.41, 5.74) is 8.33. The number of benzene rings is 1. The molecule has 17 heavy (non-hydrogen) atoms. The fraction of sp³-hybridized carbons (Fsp3) is 0.462. The molecule has 4 heteroatoms. The molecule has 0 heterocycles. The number of aliphatic hydroxyl groups is 1. The molecular formula is C13H21N3O. The molecule has 0 aliphatic heterocycles. The Balaban J connectivity index is 3.22. The summed E-state index contributed by atoms with van der Waals surface area (Å²) in [5.74, 6) is 0.0623. The van der Waals surface area contributed by atoms with Crippen LogP contribution in [0.1, 0.15) is 25.0 Å². The summed E-state index contributed by atoms with van der Waals surface area (Å²) < 4.78 is 0. The van der Waals surface area contributed by atoms with Crippen molar-refractivity contribution in [3.8, 4) is 0 Å². The summed E-state index contributed by atoms with van der Waals surface area (Å²) in [7, 11) is 0. The Morgan fingerprint density at radius 1 is 1.47 bits per heavy atom. The quantitative estimate of drug-likeness (QED) is 0.534. The van der Waals surface area contributed by atoms with Crippen molar-refractivity contribution in [1.29, 1.82) is 5.41 Å². The van der Waals surface area contributed by atoms with Crippen molar-refractivity contribution in [2.45, 2.75) is 26.8 Å². The SMILES string of the molecule is Cc1ccc(N(CCO)C(C)C)c(C(=N)N)c1. The largest absolute Gasteiger partial charge is 0.395 e. The number of hydrogen-bond donors (Lipinski definition) is 3. The summed E-state index contributed by atoms with van der Waals surface area (Å²) in [6.45, 7) is 6.71. The highest BCUT2D eigenvalue weighted by molar-refractivity contribution is 6.00. The number of amidine groups is 1. The van der Waals surface area contributed by atoms with Crippen LogP contribution in [0.3, 0.4) is 0 Å². The van der Waals surface area contributed by atoms with Crippen LogP contribution in [0.5, 0.6) is 0 Å². The van der Waals surface area contributed by atoms with Crippen molar-refractivity contribution in [2.24, 2.45) is 5.73 Å². The predicted octanol–water partition coefficient (Wildman–Crippen LogP) is 1.49. The molecule has 0 radical (unpaired) electrons. The Hall–Kier alpha value is -1.55. The first-order valence-corrected chi connectivity index (χ1v) is 5.80. The Morgan fingerprint density at radius 2 is 2.12 bits per heavy atom. The van der Waals surface area contributed by atoms with Crippen molar-refractivity contribution >= 4 is 11.5 Å². The first kappa shape index (κ1) is 13.5. The molecule has 1 aromatic carbocycles. The van der Waals surface area contributed by atoms with E-state index in [0.29, 0.717) is 6.54 Å². The van der Waals surface area contributed by atoms with Gasteiger partial charge in [0.2, 0.25) is 0 Å². The summed E-state index contributed by atoms with van der Waals surface area (Å²) in [4.78, 5) is 2.05. The average Bonchev–Trinajstić information content (AvgIpc) is 2.26. The van der Waals surface area contributed by atoms with Crippen molar-refractivity contribution < 1.29 is 5.11 Å². The maximum Gasteiger partial charge on any atom is 0.124 e. The zero-order valence-corrected chi connectivity index (χ0v) is 10.7. The van der Waals surface area contributed by atoms with Gasteiger partial charge in [0, 0.05) is 23.8 Å². The van der Waals surface area contributed by atoms with Crippen molar-refractivity contribution in [2.75, 3.05) is 18.1 Å². The summed E-state index contributed by atoms with van der Waals surface area (Å²) >= 11 is 0. The van der Waals surface area contributed by atoms with Gasteiger partial charge in [0.15, 0.2) is 0 Å². The van der Waals surface area contributed by atoms with Crippen LogP contribution in [0.2, 0.25) is 0 Å². The van der Waals surface area contributed by atoms with E-state index in [9.17, 15) is 0 Å². The van der Waals surface area contributed by atoms with Gasteiger partial charge in [-0.15, -0.1) is 0 Å². The molecule has 4 nitrogen and oxygen atoms in total. The summed E-state index contributed by atoms with van der Waals surface area (Å²) in [6, 6.07) is 6.11. The first-order chi connectivity index (χ1) is 7.97. The molecule has 0 unspecified atom stereocenters. The number of nitrogens with zero attached hydrogens (tertiary/aromatic N) is 1. The van der Waals surface area contributed by atoms with Crippen LogP contribution in [-0.2, 0) is 0 Å². The van der Waals surface area contributed by atoms with Crippen LogP contribution in [0.25, 0.3) is 0 Å². The van der Waals surface area contributed by atoms with Gasteiger partial charge < -0.3 is 15.7 Å². The van der Waals surface area contributed by atoms with Crippen LogP contribution in [0.15, 0.2) is 18.2 Å². The van der Waals surface area contributed by atoms with Gasteiger partial charge in [-0.05, 0) is 32.9 Å². The van der Waals surface area contributed by atoms with E-state index in [1.54, 1.807) is 0 Å². The van der Waals surface area contributed by atoms with Gasteiger partial charge in [-0.2, -0.15) is 0 Å². The van der Waals surface area contributed by atoms with Crippen LogP contribution in [-0.4, -0.2) is 30.1 Å². The van der Waals surface area contributed by atoms with Crippen LogP contribution in [0, 0.1) is 12.3 Å². The van der Waals surface area contributed by atoms with E-state index < -0.39 is 0 Å². The molecular weight excluding hydrogens is 214 g/mol. The fourth-order valence-electron chi connectivity index (χ4n) is 1.88. The molecule has 1 rings (SSSR count). The van der Waals surface area contributed by atoms with Crippen LogP contribution in [0.4, 0.5) is 5.69 Å². The molecule has 0 atom stereocenters. The van der Waals surface area contributed by atoms with E-state index in [0.717, 1.165) is 16.8 Å². The molecule has 0 saturated carbocycles. The van der Waals surface area contributed by atoms with E-state index in [1.807, 2.05) is 25.1 Å². The average molecular weight is 235 g/mol. The van der Waals surface area contributed by atoms with Gasteiger partial charge in [-0.3, -0.25) is 5.41 Å². The fourth-order valence-corrected chi connectivity index (χ4v) is 1.88. The Labute approximate surface area is 103 Å². The van der Waals surface area contributed by atoms with E-state index in [4.69, 9.17) is 16.2 Å². The lowest BCUT2D eigenvalue weighted by Gasteiger charge is -2.30. The van der Waals surface area contributed by atoms with Crippen LogP contribution < -0.4 is 10.6 Å². The molecule has 94 valence electrons. The lowest BCUT2D eigenvalue weighted by molar-refractivity contribution is 0.299. The van der Waals surface area contributed by atoms with Gasteiger partial charge in [-0.25, -0.2) is 0 Å². The zero-order chi connectivity index (χ0) is 13.0. The highest BCUT2D eigenvalue weighted by Crippen LogP contribution is 2.23. The maximum absolute atomic E-state index is 9.10.